The minimum Gasteiger partial charge on any atom is -0.493 e. The van der Waals surface area contributed by atoms with Crippen molar-refractivity contribution < 1.29 is 28.7 Å². The maximum Gasteiger partial charge on any atom is 0.278 e. The van der Waals surface area contributed by atoms with Crippen LogP contribution in [0.1, 0.15) is 27.9 Å². The first-order valence-electron chi connectivity index (χ1n) is 11.3. The predicted octanol–water partition coefficient (Wildman–Crippen LogP) is 4.20. The van der Waals surface area contributed by atoms with Crippen LogP contribution in [0.3, 0.4) is 0 Å². The summed E-state index contributed by atoms with van der Waals surface area (Å²) in [5.74, 6) is 0.232. The van der Waals surface area contributed by atoms with Gasteiger partial charge in [-0.3, -0.25) is 14.9 Å². The molecule has 0 saturated carbocycles. The van der Waals surface area contributed by atoms with E-state index in [1.165, 1.54) is 32.6 Å². The third-order valence-corrected chi connectivity index (χ3v) is 6.31. The van der Waals surface area contributed by atoms with Crippen LogP contribution in [0.25, 0.3) is 0 Å². The number of non-ortho nitro benzene ring substituents is 1. The smallest absolute Gasteiger partial charge is 0.278 e. The Morgan fingerprint density at radius 1 is 1.21 bits per heavy atom. The second kappa shape index (κ2) is 13.8. The van der Waals surface area contributed by atoms with E-state index >= 15 is 0 Å². The lowest BCUT2D eigenvalue weighted by Gasteiger charge is -2.13. The van der Waals surface area contributed by atoms with Crippen molar-refractivity contribution in [1.82, 2.24) is 10.4 Å². The number of halogens is 1. The number of nitro benzene ring substituents is 1. The molecule has 0 bridgehead atoms. The number of nitrogens with one attached hydrogen (secondary N) is 1. The van der Waals surface area contributed by atoms with Crippen molar-refractivity contribution in [2.75, 3.05) is 20.8 Å². The number of benzene rings is 2. The number of hydrazone groups is 1. The normalized spacial score (nSPS) is 10.6. The highest BCUT2D eigenvalue weighted by Gasteiger charge is 2.18. The molecule has 0 saturated heterocycles. The molecule has 3 aromatic rings. The number of rotatable bonds is 12. The molecule has 12 nitrogen and oxygen atoms in total. The molecule has 2 aromatic carbocycles. The van der Waals surface area contributed by atoms with Gasteiger partial charge >= 0.3 is 0 Å². The zero-order valence-corrected chi connectivity index (χ0v) is 22.9. The number of carbonyl (C=O) groups excluding carboxylic acids is 1. The molecule has 0 radical (unpaired) electrons. The van der Waals surface area contributed by atoms with Crippen LogP contribution in [0, 0.1) is 28.4 Å². The number of hydrogen-bond donors (Lipinski definition) is 1. The van der Waals surface area contributed by atoms with Crippen LogP contribution in [0.2, 0.25) is 0 Å². The molecule has 202 valence electrons. The Hall–Kier alpha value is -4.54. The summed E-state index contributed by atoms with van der Waals surface area (Å²) in [6.07, 6.45) is 1.38. The maximum absolute atomic E-state index is 12.4. The Balaban J connectivity index is 1.67. The van der Waals surface area contributed by atoms with Crippen LogP contribution >= 0.6 is 15.9 Å². The second-order valence-corrected chi connectivity index (χ2v) is 8.68. The molecule has 1 amide bonds. The molecule has 0 atom stereocenters. The predicted molar refractivity (Wildman–Crippen MR) is 144 cm³/mol. The van der Waals surface area contributed by atoms with Crippen molar-refractivity contribution in [2.45, 2.75) is 20.1 Å². The van der Waals surface area contributed by atoms with E-state index < -0.39 is 17.4 Å². The van der Waals surface area contributed by atoms with Gasteiger partial charge in [-0.15, -0.1) is 0 Å². The number of hydrogen-bond acceptors (Lipinski definition) is 10. The molecule has 0 aliphatic heterocycles. The lowest BCUT2D eigenvalue weighted by molar-refractivity contribution is -0.384. The number of nitro groups is 1. The van der Waals surface area contributed by atoms with Crippen molar-refractivity contribution in [3.8, 4) is 23.4 Å². The van der Waals surface area contributed by atoms with Gasteiger partial charge in [-0.25, -0.2) is 10.4 Å². The van der Waals surface area contributed by atoms with Gasteiger partial charge < -0.3 is 18.9 Å². The van der Waals surface area contributed by atoms with Gasteiger partial charge in [0.1, 0.15) is 18.2 Å². The average Bonchev–Trinajstić information content (AvgIpc) is 2.93. The maximum atomic E-state index is 12.4. The first-order chi connectivity index (χ1) is 18.8. The minimum atomic E-state index is -0.581. The van der Waals surface area contributed by atoms with Gasteiger partial charge in [0, 0.05) is 34.8 Å². The molecular formula is C26H24BrN5O7. The Morgan fingerprint density at radius 2 is 1.95 bits per heavy atom. The van der Waals surface area contributed by atoms with Crippen LogP contribution in [0.15, 0.2) is 52.0 Å². The van der Waals surface area contributed by atoms with Gasteiger partial charge in [-0.1, -0.05) is 6.07 Å². The largest absolute Gasteiger partial charge is 0.493 e. The van der Waals surface area contributed by atoms with Crippen LogP contribution in [-0.2, 0) is 22.7 Å². The Morgan fingerprint density at radius 3 is 2.59 bits per heavy atom. The third kappa shape index (κ3) is 7.50. The number of aryl methyl sites for hydroxylation is 1. The zero-order valence-electron chi connectivity index (χ0n) is 21.3. The fourth-order valence-corrected chi connectivity index (χ4v) is 3.77. The fourth-order valence-electron chi connectivity index (χ4n) is 3.37. The molecule has 39 heavy (non-hydrogen) atoms. The van der Waals surface area contributed by atoms with E-state index in [1.54, 1.807) is 37.3 Å². The second-order valence-electron chi connectivity index (χ2n) is 7.89. The molecule has 0 fully saturated rings. The summed E-state index contributed by atoms with van der Waals surface area (Å²) in [5, 5.41) is 24.4. The van der Waals surface area contributed by atoms with Crippen LogP contribution in [0.4, 0.5) is 5.69 Å². The van der Waals surface area contributed by atoms with Gasteiger partial charge in [-0.05, 0) is 52.7 Å². The molecule has 0 aliphatic rings. The van der Waals surface area contributed by atoms with E-state index in [1.807, 2.05) is 6.07 Å². The monoisotopic (exact) mass is 597 g/mol. The number of carbonyl (C=O) groups is 1. The van der Waals surface area contributed by atoms with Crippen LogP contribution in [-0.4, -0.2) is 42.9 Å². The molecule has 0 unspecified atom stereocenters. The third-order valence-electron chi connectivity index (χ3n) is 5.26. The van der Waals surface area contributed by atoms with E-state index in [-0.39, 0.29) is 30.3 Å². The van der Waals surface area contributed by atoms with Crippen molar-refractivity contribution >= 4 is 33.7 Å². The average molecular weight is 598 g/mol. The number of nitrogens with zero attached hydrogens (tertiary/aromatic N) is 4. The molecule has 1 heterocycles. The van der Waals surface area contributed by atoms with Crippen LogP contribution < -0.4 is 19.6 Å². The molecule has 1 N–H and O–H groups in total. The Kier molecular flexibility index (Phi) is 10.3. The molecule has 0 aliphatic carbocycles. The summed E-state index contributed by atoms with van der Waals surface area (Å²) in [5.41, 5.74) is 4.87. The lowest BCUT2D eigenvalue weighted by Crippen LogP contribution is -2.25. The summed E-state index contributed by atoms with van der Waals surface area (Å²) in [7, 11) is 2.99. The minimum absolute atomic E-state index is 0.0131. The fraction of sp³-hybridized carbons (Fsp3) is 0.231. The summed E-state index contributed by atoms with van der Waals surface area (Å²) in [6.45, 7) is 1.57. The quantitative estimate of drug-likeness (QED) is 0.183. The van der Waals surface area contributed by atoms with Crippen molar-refractivity contribution in [3.05, 3.63) is 85.0 Å². The lowest BCUT2D eigenvalue weighted by atomic mass is 10.1. The van der Waals surface area contributed by atoms with E-state index in [4.69, 9.17) is 18.9 Å². The summed E-state index contributed by atoms with van der Waals surface area (Å²) in [6, 6.07) is 13.2. The summed E-state index contributed by atoms with van der Waals surface area (Å²) < 4.78 is 22.6. The molecule has 1 aromatic heterocycles. The van der Waals surface area contributed by atoms with Gasteiger partial charge in [0.05, 0.1) is 30.5 Å². The van der Waals surface area contributed by atoms with E-state index in [2.05, 4.69) is 31.4 Å². The number of amides is 1. The zero-order chi connectivity index (χ0) is 28.4. The summed E-state index contributed by atoms with van der Waals surface area (Å²) >= 11 is 3.40. The van der Waals surface area contributed by atoms with E-state index in [0.29, 0.717) is 38.4 Å². The highest BCUT2D eigenvalue weighted by molar-refractivity contribution is 9.10. The number of para-hydroxylation sites is 1. The summed E-state index contributed by atoms with van der Waals surface area (Å²) in [4.78, 5) is 27.0. The van der Waals surface area contributed by atoms with E-state index in [0.717, 1.165) is 0 Å². The molecule has 0 spiro atoms. The first-order valence-corrected chi connectivity index (χ1v) is 12.1. The molecule has 3 rings (SSSR count). The SMILES string of the molecule is COCc1c(Br)c(C)nc(OCC(=O)N/N=C/c2cccc(OC)c2OCc2ccc([N+](=O)[O-])cc2)c1C#N. The number of nitriles is 1. The van der Waals surface area contributed by atoms with Gasteiger partial charge in [-0.2, -0.15) is 10.4 Å². The van der Waals surface area contributed by atoms with Gasteiger partial charge in [0.2, 0.25) is 5.88 Å². The number of aromatic nitrogens is 1. The van der Waals surface area contributed by atoms with Crippen molar-refractivity contribution in [1.29, 1.82) is 5.26 Å². The van der Waals surface area contributed by atoms with Crippen LogP contribution in [0.5, 0.6) is 17.4 Å². The van der Waals surface area contributed by atoms with Gasteiger partial charge in [0.25, 0.3) is 11.6 Å². The van der Waals surface area contributed by atoms with Crippen molar-refractivity contribution in [2.24, 2.45) is 5.10 Å². The number of ether oxygens (including phenoxy) is 4. The first kappa shape index (κ1) is 29.0. The highest BCUT2D eigenvalue weighted by atomic mass is 79.9. The van der Waals surface area contributed by atoms with Gasteiger partial charge in [0.15, 0.2) is 18.1 Å². The standard InChI is InChI=1S/C26H24BrN5O7/c1-16-24(27)21(14-36-2)20(11-28)26(30-16)39-15-23(33)31-29-12-18-5-4-6-22(37-3)25(18)38-13-17-7-9-19(10-8-17)32(34)35/h4-10,12H,13-15H2,1-3H3,(H,31,33)/b29-12+. The Bertz CT molecular complexity index is 1420. The molecule has 13 heteroatoms. The van der Waals surface area contributed by atoms with Crippen molar-refractivity contribution in [3.63, 3.8) is 0 Å². The highest BCUT2D eigenvalue weighted by Crippen LogP contribution is 2.31. The molecular weight excluding hydrogens is 574 g/mol. The van der Waals surface area contributed by atoms with E-state index in [9.17, 15) is 20.2 Å². The topological polar surface area (TPSA) is 158 Å². The number of pyridine rings is 1. The number of methoxy groups -OCH3 is 2. The Labute approximate surface area is 232 Å².